The molecule has 5 aliphatic carbocycles. The molecule has 0 aromatic rings. The summed E-state index contributed by atoms with van der Waals surface area (Å²) in [6.45, 7) is 0. The van der Waals surface area contributed by atoms with Gasteiger partial charge in [-0.15, -0.1) is 0 Å². The van der Waals surface area contributed by atoms with Gasteiger partial charge >= 0.3 is 6.03 Å². The summed E-state index contributed by atoms with van der Waals surface area (Å²) in [5.41, 5.74) is 8.60. The molecule has 0 heterocycles. The van der Waals surface area contributed by atoms with Gasteiger partial charge in [-0.25, -0.2) is 10.2 Å². The minimum Gasteiger partial charge on any atom is -0.350 e. The maximum atomic E-state index is 10.6. The second-order valence-electron chi connectivity index (χ2n) is 5.19. The van der Waals surface area contributed by atoms with Gasteiger partial charge < -0.3 is 5.73 Å². The van der Waals surface area contributed by atoms with Gasteiger partial charge in [-0.05, 0) is 42.4 Å². The van der Waals surface area contributed by atoms with Gasteiger partial charge in [0.2, 0.25) is 0 Å². The molecular weight excluding hydrogens is 178 g/mol. The molecule has 0 spiro atoms. The van der Waals surface area contributed by atoms with E-state index >= 15 is 0 Å². The molecule has 0 aromatic carbocycles. The van der Waals surface area contributed by atoms with Gasteiger partial charge in [0.25, 0.3) is 0 Å². The smallest absolute Gasteiger partial charge is 0.332 e. The summed E-state index contributed by atoms with van der Waals surface area (Å²) in [6, 6.07) is -0.542. The van der Waals surface area contributed by atoms with Gasteiger partial charge in [0.15, 0.2) is 0 Å². The van der Waals surface area contributed by atoms with Crippen LogP contribution in [0.4, 0.5) is 4.79 Å². The Morgan fingerprint density at radius 3 is 2.79 bits per heavy atom. The summed E-state index contributed by atoms with van der Waals surface area (Å²) in [7, 11) is 0. The third-order valence-corrected chi connectivity index (χ3v) is 4.90. The van der Waals surface area contributed by atoms with Gasteiger partial charge in [-0.1, -0.05) is 0 Å². The van der Waals surface area contributed by atoms with Gasteiger partial charge in [0.05, 0.1) is 0 Å². The summed E-state index contributed by atoms with van der Waals surface area (Å²) in [6.07, 6.45) is 2.55. The average molecular weight is 191 g/mol. The van der Waals surface area contributed by atoms with E-state index in [0.717, 1.165) is 36.0 Å². The van der Waals surface area contributed by atoms with Crippen molar-refractivity contribution in [3.63, 3.8) is 0 Å². The highest BCUT2D eigenvalue weighted by atomic mass is 16.2. The molecule has 0 saturated heterocycles. The van der Waals surface area contributed by atoms with Crippen molar-refractivity contribution in [3.05, 3.63) is 0 Å². The number of nitrogens with zero attached hydrogens (tertiary/aromatic N) is 1. The fourth-order valence-corrected chi connectivity index (χ4v) is 4.71. The third kappa shape index (κ3) is 0.615. The Balaban J connectivity index is 1.62. The molecule has 6 atom stereocenters. The summed E-state index contributed by atoms with van der Waals surface area (Å²) in [5, 5.41) is 4.15. The van der Waals surface area contributed by atoms with Crippen LogP contribution in [0.2, 0.25) is 0 Å². The van der Waals surface area contributed by atoms with Crippen molar-refractivity contribution in [2.75, 3.05) is 0 Å². The number of nitrogens with two attached hydrogens (primary N) is 1. The fourth-order valence-electron chi connectivity index (χ4n) is 4.71. The molecular formula is C10H13N3O. The van der Waals surface area contributed by atoms with E-state index in [1.807, 2.05) is 0 Å². The lowest BCUT2D eigenvalue weighted by Gasteiger charge is -2.10. The van der Waals surface area contributed by atoms with Crippen molar-refractivity contribution < 1.29 is 4.79 Å². The van der Waals surface area contributed by atoms with Crippen molar-refractivity contribution in [3.8, 4) is 0 Å². The van der Waals surface area contributed by atoms with Crippen LogP contribution in [0, 0.1) is 35.5 Å². The lowest BCUT2D eigenvalue weighted by Crippen LogP contribution is -2.27. The van der Waals surface area contributed by atoms with E-state index in [9.17, 15) is 4.79 Å². The van der Waals surface area contributed by atoms with Crippen LogP contribution in [-0.2, 0) is 0 Å². The molecule has 5 aliphatic rings. The lowest BCUT2D eigenvalue weighted by atomic mass is 9.98. The molecule has 0 aromatic heterocycles. The van der Waals surface area contributed by atoms with Crippen LogP contribution in [0.15, 0.2) is 5.10 Å². The van der Waals surface area contributed by atoms with Crippen LogP contribution in [-0.4, -0.2) is 11.7 Å². The Morgan fingerprint density at radius 2 is 2.21 bits per heavy atom. The number of amides is 2. The zero-order valence-electron chi connectivity index (χ0n) is 7.81. The van der Waals surface area contributed by atoms with Crippen molar-refractivity contribution >= 4 is 11.7 Å². The topological polar surface area (TPSA) is 67.5 Å². The van der Waals surface area contributed by atoms with Crippen molar-refractivity contribution in [2.24, 2.45) is 46.3 Å². The largest absolute Gasteiger partial charge is 0.350 e. The first-order valence-electron chi connectivity index (χ1n) is 5.39. The molecule has 2 amide bonds. The fraction of sp³-hybridized carbons (Fsp3) is 0.800. The maximum absolute atomic E-state index is 10.6. The molecule has 14 heavy (non-hydrogen) atoms. The van der Waals surface area contributed by atoms with Gasteiger partial charge in [-0.3, -0.25) is 0 Å². The van der Waals surface area contributed by atoms with Crippen LogP contribution in [0.5, 0.6) is 0 Å². The quantitative estimate of drug-likeness (QED) is 0.584. The maximum Gasteiger partial charge on any atom is 0.332 e. The summed E-state index contributed by atoms with van der Waals surface area (Å²) >= 11 is 0. The number of urea groups is 1. The van der Waals surface area contributed by atoms with E-state index in [4.69, 9.17) is 5.73 Å². The summed E-state index contributed by atoms with van der Waals surface area (Å²) in [5.74, 6) is 5.52. The average Bonchev–Trinajstić information content (AvgIpc) is 2.57. The van der Waals surface area contributed by atoms with Crippen LogP contribution in [0.25, 0.3) is 0 Å². The lowest BCUT2D eigenvalue weighted by molar-refractivity contribution is 0.249. The van der Waals surface area contributed by atoms with Crippen molar-refractivity contribution in [1.82, 2.24) is 5.43 Å². The number of primary amides is 1. The SMILES string of the molecule is NC(=O)N/N=C1\C[C@H]2[C@@H]3C[C@H]4[C@@H]2[C@@H]4[C@@H]13. The first-order valence-corrected chi connectivity index (χ1v) is 5.39. The van der Waals surface area contributed by atoms with Gasteiger partial charge in [-0.2, -0.15) is 5.10 Å². The number of hydrogen-bond acceptors (Lipinski definition) is 2. The number of hydrazone groups is 1. The minimum absolute atomic E-state index is 0.542. The molecule has 5 rings (SSSR count). The highest BCUT2D eigenvalue weighted by Crippen LogP contribution is 2.80. The zero-order chi connectivity index (χ0) is 9.45. The highest BCUT2D eigenvalue weighted by Gasteiger charge is 2.77. The Bertz CT molecular complexity index is 364. The zero-order valence-corrected chi connectivity index (χ0v) is 7.81. The molecule has 0 aliphatic heterocycles. The third-order valence-electron chi connectivity index (χ3n) is 4.90. The molecule has 3 N–H and O–H groups in total. The second-order valence-corrected chi connectivity index (χ2v) is 5.19. The van der Waals surface area contributed by atoms with Crippen LogP contribution in [0.1, 0.15) is 12.8 Å². The molecule has 0 radical (unpaired) electrons. The predicted octanol–water partition coefficient (Wildman–Crippen LogP) is 0.542. The molecule has 5 saturated carbocycles. The standard InChI is InChI=1S/C10H13N3O/c11-10(14)13-12-6-2-4-3-1-5-7(4)9(5)8(3)6/h3-5,7-9H,1-2H2,(H3,11,13,14)/b12-6+/t3-,4-,5-,7+,8+,9+/m0/s1. The highest BCUT2D eigenvalue weighted by molar-refractivity contribution is 5.93. The molecule has 0 unspecified atom stereocenters. The summed E-state index contributed by atoms with van der Waals surface area (Å²) < 4.78 is 0. The number of carbonyl (C=O) groups excluding carboxylic acids is 1. The number of rotatable bonds is 1. The van der Waals surface area contributed by atoms with Crippen molar-refractivity contribution in [2.45, 2.75) is 12.8 Å². The summed E-state index contributed by atoms with van der Waals surface area (Å²) in [4.78, 5) is 10.6. The monoisotopic (exact) mass is 191 g/mol. The van der Waals surface area contributed by atoms with Gasteiger partial charge in [0, 0.05) is 11.6 Å². The molecule has 4 heteroatoms. The molecule has 6 bridgehead atoms. The molecule has 5 fully saturated rings. The Hall–Kier alpha value is -1.06. The van der Waals surface area contributed by atoms with E-state index in [2.05, 4.69) is 10.5 Å². The number of hydrogen-bond donors (Lipinski definition) is 2. The first-order chi connectivity index (χ1) is 6.77. The second kappa shape index (κ2) is 1.97. The van der Waals surface area contributed by atoms with Crippen molar-refractivity contribution in [1.29, 1.82) is 0 Å². The minimum atomic E-state index is -0.542. The predicted molar refractivity (Wildman–Crippen MR) is 50.3 cm³/mol. The van der Waals surface area contributed by atoms with Crippen LogP contribution >= 0.6 is 0 Å². The van der Waals surface area contributed by atoms with E-state index < -0.39 is 6.03 Å². The van der Waals surface area contributed by atoms with Gasteiger partial charge in [0.1, 0.15) is 0 Å². The van der Waals surface area contributed by atoms with E-state index in [-0.39, 0.29) is 0 Å². The van der Waals surface area contributed by atoms with Crippen LogP contribution in [0.3, 0.4) is 0 Å². The first kappa shape index (κ1) is 7.26. The van der Waals surface area contributed by atoms with E-state index in [1.165, 1.54) is 12.1 Å². The molecule has 74 valence electrons. The molecule has 4 nitrogen and oxygen atoms in total. The Morgan fingerprint density at radius 1 is 1.36 bits per heavy atom. The van der Waals surface area contributed by atoms with Crippen LogP contribution < -0.4 is 11.2 Å². The number of carbonyl (C=O) groups is 1. The van der Waals surface area contributed by atoms with E-state index in [0.29, 0.717) is 5.92 Å². The normalized spacial score (nSPS) is 58.1. The Labute approximate surface area is 81.9 Å². The Kier molecular flexibility index (Phi) is 1.02. The van der Waals surface area contributed by atoms with E-state index in [1.54, 1.807) is 0 Å². The number of nitrogens with one attached hydrogen (secondary N) is 1.